The molecule has 0 saturated heterocycles. The number of benzene rings is 2. The van der Waals surface area contributed by atoms with Gasteiger partial charge in [-0.05, 0) is 42.3 Å². The van der Waals surface area contributed by atoms with Gasteiger partial charge in [-0.1, -0.05) is 35.3 Å². The molecule has 4 heteroatoms. The van der Waals surface area contributed by atoms with Crippen LogP contribution in [-0.4, -0.2) is 13.7 Å². The Bertz CT molecular complexity index is 540. The maximum atomic E-state index is 6.06. The number of nitrogens with one attached hydrogen (secondary N) is 1. The molecule has 1 N–H and O–H groups in total. The molecule has 0 bridgehead atoms. The fourth-order valence-electron chi connectivity index (χ4n) is 1.78. The minimum atomic E-state index is 0.610. The Kier molecular flexibility index (Phi) is 4.94. The average Bonchev–Trinajstić information content (AvgIpc) is 2.41. The first-order valence-corrected chi connectivity index (χ1v) is 6.76. The molecule has 100 valence electrons. The summed E-state index contributed by atoms with van der Waals surface area (Å²) < 4.78 is 5.11. The molecule has 0 heterocycles. The second-order valence-electron chi connectivity index (χ2n) is 4.15. The molecule has 0 unspecified atom stereocenters. The van der Waals surface area contributed by atoms with Crippen LogP contribution in [0.5, 0.6) is 5.75 Å². The van der Waals surface area contributed by atoms with Crippen molar-refractivity contribution in [2.75, 3.05) is 19.0 Å². The van der Waals surface area contributed by atoms with Crippen LogP contribution in [0.15, 0.2) is 42.5 Å². The lowest BCUT2D eigenvalue weighted by Gasteiger charge is -2.09. The van der Waals surface area contributed by atoms with Crippen molar-refractivity contribution >= 4 is 28.9 Å². The lowest BCUT2D eigenvalue weighted by atomic mass is 10.1. The van der Waals surface area contributed by atoms with Gasteiger partial charge in [-0.2, -0.15) is 0 Å². The van der Waals surface area contributed by atoms with Crippen molar-refractivity contribution in [1.29, 1.82) is 0 Å². The molecule has 2 aromatic rings. The summed E-state index contributed by atoms with van der Waals surface area (Å²) in [5, 5.41) is 4.70. The molecule has 0 atom stereocenters. The van der Waals surface area contributed by atoms with Gasteiger partial charge in [0.25, 0.3) is 0 Å². The van der Waals surface area contributed by atoms with Crippen LogP contribution in [0.2, 0.25) is 10.0 Å². The van der Waals surface area contributed by atoms with E-state index in [1.54, 1.807) is 7.11 Å². The van der Waals surface area contributed by atoms with Crippen LogP contribution in [-0.2, 0) is 6.42 Å². The Labute approximate surface area is 123 Å². The Balaban J connectivity index is 1.88. The minimum Gasteiger partial charge on any atom is -0.495 e. The first-order valence-electron chi connectivity index (χ1n) is 6.01. The lowest BCUT2D eigenvalue weighted by molar-refractivity contribution is 0.415. The van der Waals surface area contributed by atoms with Gasteiger partial charge in [0, 0.05) is 17.3 Å². The van der Waals surface area contributed by atoms with Crippen LogP contribution in [0.3, 0.4) is 0 Å². The Morgan fingerprint density at radius 3 is 2.42 bits per heavy atom. The zero-order valence-corrected chi connectivity index (χ0v) is 12.1. The third-order valence-electron chi connectivity index (χ3n) is 2.81. The number of rotatable bonds is 5. The monoisotopic (exact) mass is 295 g/mol. The summed E-state index contributed by atoms with van der Waals surface area (Å²) in [6.07, 6.45) is 0.931. The van der Waals surface area contributed by atoms with Crippen molar-refractivity contribution in [1.82, 2.24) is 0 Å². The maximum Gasteiger partial charge on any atom is 0.137 e. The summed E-state index contributed by atoms with van der Waals surface area (Å²) in [5.74, 6) is 0.685. The maximum absolute atomic E-state index is 6.06. The van der Waals surface area contributed by atoms with Crippen molar-refractivity contribution < 1.29 is 4.74 Å². The van der Waals surface area contributed by atoms with Crippen LogP contribution in [0.1, 0.15) is 5.56 Å². The summed E-state index contributed by atoms with van der Waals surface area (Å²) in [6.45, 7) is 0.838. The van der Waals surface area contributed by atoms with Gasteiger partial charge in [0.2, 0.25) is 0 Å². The van der Waals surface area contributed by atoms with E-state index in [0.717, 1.165) is 23.7 Å². The number of hydrogen-bond acceptors (Lipinski definition) is 2. The quantitative estimate of drug-likeness (QED) is 0.866. The second kappa shape index (κ2) is 6.69. The SMILES string of the molecule is COc1ccc(NCCc2ccc(Cl)cc2)cc1Cl. The smallest absolute Gasteiger partial charge is 0.137 e. The number of ether oxygens (including phenoxy) is 1. The van der Waals surface area contributed by atoms with Gasteiger partial charge < -0.3 is 10.1 Å². The summed E-state index contributed by atoms with van der Waals surface area (Å²) in [5.41, 5.74) is 2.23. The molecule has 0 aliphatic rings. The van der Waals surface area contributed by atoms with Crippen LogP contribution >= 0.6 is 23.2 Å². The largest absolute Gasteiger partial charge is 0.495 e. The zero-order valence-electron chi connectivity index (χ0n) is 10.6. The molecule has 0 aliphatic carbocycles. The molecule has 0 spiro atoms. The van der Waals surface area contributed by atoms with E-state index in [9.17, 15) is 0 Å². The second-order valence-corrected chi connectivity index (χ2v) is 5.00. The fourth-order valence-corrected chi connectivity index (χ4v) is 2.16. The van der Waals surface area contributed by atoms with E-state index in [1.807, 2.05) is 42.5 Å². The average molecular weight is 296 g/mol. The van der Waals surface area contributed by atoms with Gasteiger partial charge >= 0.3 is 0 Å². The van der Waals surface area contributed by atoms with Crippen LogP contribution < -0.4 is 10.1 Å². The first-order chi connectivity index (χ1) is 9.19. The van der Waals surface area contributed by atoms with Gasteiger partial charge in [0.15, 0.2) is 0 Å². The van der Waals surface area contributed by atoms with Crippen molar-refractivity contribution in [2.45, 2.75) is 6.42 Å². The summed E-state index contributed by atoms with van der Waals surface area (Å²) in [7, 11) is 1.61. The highest BCUT2D eigenvalue weighted by atomic mass is 35.5. The first kappa shape index (κ1) is 14.0. The Morgan fingerprint density at radius 2 is 1.79 bits per heavy atom. The van der Waals surface area contributed by atoms with Gasteiger partial charge in [-0.25, -0.2) is 0 Å². The predicted octanol–water partition coefficient (Wildman–Crippen LogP) is 4.66. The van der Waals surface area contributed by atoms with E-state index in [-0.39, 0.29) is 0 Å². The molecule has 2 nitrogen and oxygen atoms in total. The number of anilines is 1. The highest BCUT2D eigenvalue weighted by Crippen LogP contribution is 2.27. The molecule has 19 heavy (non-hydrogen) atoms. The molecular formula is C15H15Cl2NO. The molecule has 0 radical (unpaired) electrons. The molecule has 0 fully saturated rings. The number of hydrogen-bond donors (Lipinski definition) is 1. The topological polar surface area (TPSA) is 21.3 Å². The van der Waals surface area contributed by atoms with Gasteiger partial charge in [-0.3, -0.25) is 0 Å². The standard InChI is InChI=1S/C15H15Cl2NO/c1-19-15-7-6-13(10-14(15)17)18-9-8-11-2-4-12(16)5-3-11/h2-7,10,18H,8-9H2,1H3. The van der Waals surface area contributed by atoms with Crippen molar-refractivity contribution in [3.8, 4) is 5.75 Å². The van der Waals surface area contributed by atoms with Crippen molar-refractivity contribution in [2.24, 2.45) is 0 Å². The Morgan fingerprint density at radius 1 is 1.05 bits per heavy atom. The van der Waals surface area contributed by atoms with E-state index < -0.39 is 0 Å². The molecular weight excluding hydrogens is 281 g/mol. The molecule has 0 saturated carbocycles. The summed E-state index contributed by atoms with van der Waals surface area (Å²) in [6, 6.07) is 13.5. The van der Waals surface area contributed by atoms with Crippen LogP contribution in [0.25, 0.3) is 0 Å². The number of methoxy groups -OCH3 is 1. The zero-order chi connectivity index (χ0) is 13.7. The third kappa shape index (κ3) is 4.05. The van der Waals surface area contributed by atoms with Crippen LogP contribution in [0, 0.1) is 0 Å². The minimum absolute atomic E-state index is 0.610. The molecule has 0 aliphatic heterocycles. The molecule has 0 amide bonds. The van der Waals surface area contributed by atoms with E-state index in [4.69, 9.17) is 27.9 Å². The van der Waals surface area contributed by atoms with Crippen LogP contribution in [0.4, 0.5) is 5.69 Å². The van der Waals surface area contributed by atoms with E-state index >= 15 is 0 Å². The van der Waals surface area contributed by atoms with Gasteiger partial charge in [-0.15, -0.1) is 0 Å². The predicted molar refractivity (Wildman–Crippen MR) is 81.6 cm³/mol. The van der Waals surface area contributed by atoms with E-state index in [1.165, 1.54) is 5.56 Å². The van der Waals surface area contributed by atoms with Gasteiger partial charge in [0.1, 0.15) is 5.75 Å². The molecule has 2 aromatic carbocycles. The van der Waals surface area contributed by atoms with Crippen molar-refractivity contribution in [3.63, 3.8) is 0 Å². The normalized spacial score (nSPS) is 10.3. The third-order valence-corrected chi connectivity index (χ3v) is 3.36. The molecule has 0 aromatic heterocycles. The van der Waals surface area contributed by atoms with Gasteiger partial charge in [0.05, 0.1) is 12.1 Å². The molecule has 2 rings (SSSR count). The number of halogens is 2. The van der Waals surface area contributed by atoms with E-state index in [0.29, 0.717) is 10.8 Å². The highest BCUT2D eigenvalue weighted by Gasteiger charge is 2.01. The summed E-state index contributed by atoms with van der Waals surface area (Å²) in [4.78, 5) is 0. The van der Waals surface area contributed by atoms with E-state index in [2.05, 4.69) is 5.32 Å². The fraction of sp³-hybridized carbons (Fsp3) is 0.200. The van der Waals surface area contributed by atoms with Crippen molar-refractivity contribution in [3.05, 3.63) is 58.1 Å². The highest BCUT2D eigenvalue weighted by molar-refractivity contribution is 6.32. The Hall–Kier alpha value is -1.38. The summed E-state index contributed by atoms with van der Waals surface area (Å²) >= 11 is 11.9. The lowest BCUT2D eigenvalue weighted by Crippen LogP contribution is -2.04.